The third-order valence-electron chi connectivity index (χ3n) is 3.52. The maximum Gasteiger partial charge on any atom is 0.191 e. The zero-order valence-corrected chi connectivity index (χ0v) is 15.9. The standard InChI is InChI=1S/C19H25N3O3S/c1-3-20-19(21-13-14-25-17-7-5-4-6-8-17)22-15-16-9-11-18(12-10-16)26(2,23)24/h4-12H,3,13-15H2,1-2H3,(H2,20,21,22). The average Bonchev–Trinajstić information content (AvgIpc) is 2.63. The molecule has 26 heavy (non-hydrogen) atoms. The van der Waals surface area contributed by atoms with Crippen LogP contribution in [0.15, 0.2) is 64.5 Å². The van der Waals surface area contributed by atoms with Gasteiger partial charge in [-0.15, -0.1) is 0 Å². The Morgan fingerprint density at radius 3 is 2.35 bits per heavy atom. The van der Waals surface area contributed by atoms with E-state index in [-0.39, 0.29) is 0 Å². The molecule has 140 valence electrons. The Morgan fingerprint density at radius 1 is 1.04 bits per heavy atom. The minimum Gasteiger partial charge on any atom is -0.492 e. The van der Waals surface area contributed by atoms with Gasteiger partial charge in [0.15, 0.2) is 15.8 Å². The fraction of sp³-hybridized carbons (Fsp3) is 0.316. The molecule has 0 aliphatic heterocycles. The third kappa shape index (κ3) is 6.76. The van der Waals surface area contributed by atoms with Gasteiger partial charge in [0.1, 0.15) is 12.4 Å². The normalized spacial score (nSPS) is 11.8. The van der Waals surface area contributed by atoms with Crippen molar-refractivity contribution in [2.45, 2.75) is 18.4 Å². The van der Waals surface area contributed by atoms with Crippen LogP contribution in [0.1, 0.15) is 12.5 Å². The van der Waals surface area contributed by atoms with E-state index in [9.17, 15) is 8.42 Å². The van der Waals surface area contributed by atoms with Gasteiger partial charge in [-0.2, -0.15) is 0 Å². The van der Waals surface area contributed by atoms with Crippen LogP contribution in [0.4, 0.5) is 0 Å². The first-order valence-corrected chi connectivity index (χ1v) is 10.4. The predicted octanol–water partition coefficient (Wildman–Crippen LogP) is 2.22. The molecule has 2 N–H and O–H groups in total. The van der Waals surface area contributed by atoms with E-state index >= 15 is 0 Å². The van der Waals surface area contributed by atoms with Gasteiger partial charge in [0.2, 0.25) is 0 Å². The maximum absolute atomic E-state index is 11.5. The number of sulfone groups is 1. The molecule has 7 heteroatoms. The molecule has 0 aliphatic carbocycles. The number of guanidine groups is 1. The fourth-order valence-corrected chi connectivity index (χ4v) is 2.84. The number of nitrogens with one attached hydrogen (secondary N) is 2. The summed E-state index contributed by atoms with van der Waals surface area (Å²) in [7, 11) is -3.17. The van der Waals surface area contributed by atoms with Crippen LogP contribution >= 0.6 is 0 Å². The first kappa shape index (κ1) is 19.8. The highest BCUT2D eigenvalue weighted by Gasteiger charge is 2.06. The molecular formula is C19H25N3O3S. The molecule has 2 rings (SSSR count). The van der Waals surface area contributed by atoms with Gasteiger partial charge < -0.3 is 15.4 Å². The highest BCUT2D eigenvalue weighted by Crippen LogP contribution is 2.11. The molecular weight excluding hydrogens is 350 g/mol. The van der Waals surface area contributed by atoms with Crippen molar-refractivity contribution in [1.82, 2.24) is 10.6 Å². The van der Waals surface area contributed by atoms with Crippen molar-refractivity contribution in [2.24, 2.45) is 4.99 Å². The predicted molar refractivity (Wildman–Crippen MR) is 104 cm³/mol. The summed E-state index contributed by atoms with van der Waals surface area (Å²) in [6.45, 7) is 4.35. The van der Waals surface area contributed by atoms with Crippen LogP contribution in [0.25, 0.3) is 0 Å². The van der Waals surface area contributed by atoms with Crippen LogP contribution in [-0.4, -0.2) is 40.3 Å². The minimum absolute atomic E-state index is 0.313. The zero-order valence-electron chi connectivity index (χ0n) is 15.1. The molecule has 0 atom stereocenters. The number of hydrogen-bond acceptors (Lipinski definition) is 4. The Bertz CT molecular complexity index is 804. The van der Waals surface area contributed by atoms with Crippen LogP contribution in [0, 0.1) is 0 Å². The van der Waals surface area contributed by atoms with Crippen LogP contribution in [0.2, 0.25) is 0 Å². The van der Waals surface area contributed by atoms with Gasteiger partial charge in [0.25, 0.3) is 0 Å². The average molecular weight is 375 g/mol. The lowest BCUT2D eigenvalue weighted by Gasteiger charge is -2.12. The Morgan fingerprint density at radius 2 is 1.73 bits per heavy atom. The van der Waals surface area contributed by atoms with Crippen LogP contribution < -0.4 is 15.4 Å². The summed E-state index contributed by atoms with van der Waals surface area (Å²) in [4.78, 5) is 4.82. The second kappa shape index (κ2) is 9.82. The highest BCUT2D eigenvalue weighted by molar-refractivity contribution is 7.90. The Hall–Kier alpha value is -2.54. The molecule has 2 aromatic carbocycles. The van der Waals surface area contributed by atoms with Gasteiger partial charge in [0, 0.05) is 12.8 Å². The maximum atomic E-state index is 11.5. The molecule has 0 aliphatic rings. The monoisotopic (exact) mass is 375 g/mol. The number of rotatable bonds is 8. The summed E-state index contributed by atoms with van der Waals surface area (Å²) in [5.74, 6) is 1.53. The number of benzene rings is 2. The summed E-state index contributed by atoms with van der Waals surface area (Å²) in [5, 5.41) is 6.39. The van der Waals surface area contributed by atoms with Gasteiger partial charge in [-0.3, -0.25) is 0 Å². The van der Waals surface area contributed by atoms with E-state index in [0.717, 1.165) is 17.9 Å². The highest BCUT2D eigenvalue weighted by atomic mass is 32.2. The first-order valence-electron chi connectivity index (χ1n) is 8.48. The topological polar surface area (TPSA) is 79.8 Å². The smallest absolute Gasteiger partial charge is 0.191 e. The number of para-hydroxylation sites is 1. The number of aliphatic imine (C=N–C) groups is 1. The second-order valence-electron chi connectivity index (χ2n) is 5.70. The van der Waals surface area contributed by atoms with Crippen molar-refractivity contribution in [2.75, 3.05) is 26.0 Å². The van der Waals surface area contributed by atoms with E-state index < -0.39 is 9.84 Å². The zero-order chi connectivity index (χ0) is 18.8. The molecule has 0 heterocycles. The van der Waals surface area contributed by atoms with Crippen molar-refractivity contribution in [3.8, 4) is 5.75 Å². The first-order chi connectivity index (χ1) is 12.5. The second-order valence-corrected chi connectivity index (χ2v) is 7.72. The van der Waals surface area contributed by atoms with Crippen molar-refractivity contribution in [1.29, 1.82) is 0 Å². The van der Waals surface area contributed by atoms with Gasteiger partial charge in [-0.25, -0.2) is 13.4 Å². The van der Waals surface area contributed by atoms with E-state index in [1.54, 1.807) is 24.3 Å². The van der Waals surface area contributed by atoms with E-state index in [2.05, 4.69) is 15.6 Å². The lowest BCUT2D eigenvalue weighted by Crippen LogP contribution is -2.39. The number of ether oxygens (including phenoxy) is 1. The number of hydrogen-bond donors (Lipinski definition) is 2. The molecule has 0 saturated carbocycles. The van der Waals surface area contributed by atoms with Gasteiger partial charge in [0.05, 0.1) is 18.0 Å². The molecule has 0 unspecified atom stereocenters. The molecule has 0 aromatic heterocycles. The van der Waals surface area contributed by atoms with Crippen LogP contribution in [0.3, 0.4) is 0 Å². The van der Waals surface area contributed by atoms with E-state index in [1.165, 1.54) is 6.26 Å². The lowest BCUT2D eigenvalue weighted by molar-refractivity contribution is 0.322. The molecule has 6 nitrogen and oxygen atoms in total. The van der Waals surface area contributed by atoms with Crippen LogP contribution in [-0.2, 0) is 16.4 Å². The number of nitrogens with zero attached hydrogens (tertiary/aromatic N) is 1. The van der Waals surface area contributed by atoms with Crippen molar-refractivity contribution in [3.05, 3.63) is 60.2 Å². The summed E-state index contributed by atoms with van der Waals surface area (Å²) in [5.41, 5.74) is 0.940. The van der Waals surface area contributed by atoms with Gasteiger partial charge in [-0.1, -0.05) is 30.3 Å². The van der Waals surface area contributed by atoms with E-state index in [4.69, 9.17) is 4.74 Å². The van der Waals surface area contributed by atoms with Crippen LogP contribution in [0.5, 0.6) is 5.75 Å². The van der Waals surface area contributed by atoms with E-state index in [1.807, 2.05) is 37.3 Å². The van der Waals surface area contributed by atoms with Gasteiger partial charge >= 0.3 is 0 Å². The minimum atomic E-state index is -3.17. The molecule has 0 saturated heterocycles. The van der Waals surface area contributed by atoms with Gasteiger partial charge in [-0.05, 0) is 36.8 Å². The summed E-state index contributed by atoms with van der Waals surface area (Å²) in [6.07, 6.45) is 1.20. The molecule has 2 aromatic rings. The lowest BCUT2D eigenvalue weighted by atomic mass is 10.2. The molecule has 0 radical (unpaired) electrons. The summed E-state index contributed by atoms with van der Waals surface area (Å²) >= 11 is 0. The summed E-state index contributed by atoms with van der Waals surface area (Å²) < 4.78 is 28.6. The Kier molecular flexibility index (Phi) is 7.47. The third-order valence-corrected chi connectivity index (χ3v) is 4.65. The van der Waals surface area contributed by atoms with E-state index in [0.29, 0.717) is 30.6 Å². The quantitative estimate of drug-likeness (QED) is 0.420. The fourth-order valence-electron chi connectivity index (χ4n) is 2.21. The van der Waals surface area contributed by atoms with Crippen molar-refractivity contribution in [3.63, 3.8) is 0 Å². The van der Waals surface area contributed by atoms with Crippen molar-refractivity contribution < 1.29 is 13.2 Å². The SMILES string of the molecule is CCNC(=NCc1ccc(S(C)(=O)=O)cc1)NCCOc1ccccc1. The molecule has 0 spiro atoms. The van der Waals surface area contributed by atoms with Crippen molar-refractivity contribution >= 4 is 15.8 Å². The Balaban J connectivity index is 1.85. The Labute approximate surface area is 155 Å². The largest absolute Gasteiger partial charge is 0.492 e. The molecule has 0 fully saturated rings. The molecule has 0 bridgehead atoms. The molecule has 0 amide bonds. The summed E-state index contributed by atoms with van der Waals surface area (Å²) in [6, 6.07) is 16.4.